The number of nitrogens with one attached hydrogen (secondary N) is 1. The molecular formula is C7H14NS2. The largest absolute Gasteiger partial charge is 0.296 e. The molecule has 1 atom stereocenters. The summed E-state index contributed by atoms with van der Waals surface area (Å²) in [5, 5.41) is 4.14. The summed E-state index contributed by atoms with van der Waals surface area (Å²) >= 11 is 4.03. The molecule has 0 amide bonds. The van der Waals surface area contributed by atoms with Crippen molar-refractivity contribution >= 4 is 23.5 Å². The molecule has 1 N–H and O–H groups in total. The maximum atomic E-state index is 3.81. The zero-order valence-electron chi connectivity index (χ0n) is 6.14. The lowest BCUT2D eigenvalue weighted by Crippen LogP contribution is -2.19. The molecule has 0 spiro atoms. The quantitative estimate of drug-likeness (QED) is 0.658. The monoisotopic (exact) mass is 176 g/mol. The molecule has 1 aliphatic rings. The van der Waals surface area contributed by atoms with E-state index in [1.165, 1.54) is 17.9 Å². The number of thioether (sulfide) groups is 2. The Balaban J connectivity index is 1.91. The van der Waals surface area contributed by atoms with Crippen LogP contribution in [0.25, 0.3) is 0 Å². The minimum absolute atomic E-state index is 0.719. The Labute approximate surface area is 71.7 Å². The first-order valence-corrected chi connectivity index (χ1v) is 5.86. The molecule has 0 bridgehead atoms. The van der Waals surface area contributed by atoms with Crippen LogP contribution in [0.5, 0.6) is 0 Å². The van der Waals surface area contributed by atoms with Gasteiger partial charge in [-0.1, -0.05) is 13.3 Å². The first-order valence-electron chi connectivity index (χ1n) is 3.65. The minimum atomic E-state index is 0.719. The maximum absolute atomic E-state index is 3.81. The Kier molecular flexibility index (Phi) is 4.66. The second kappa shape index (κ2) is 5.33. The van der Waals surface area contributed by atoms with Crippen molar-refractivity contribution in [1.82, 2.24) is 5.32 Å². The number of hydrogen-bond acceptors (Lipinski definition) is 3. The van der Waals surface area contributed by atoms with Gasteiger partial charge < -0.3 is 0 Å². The molecule has 1 nitrogen and oxygen atoms in total. The number of hydrogen-bond donors (Lipinski definition) is 1. The lowest BCUT2D eigenvalue weighted by molar-refractivity contribution is 0.825. The van der Waals surface area contributed by atoms with Crippen LogP contribution in [0.15, 0.2) is 0 Å². The molecule has 0 saturated carbocycles. The Hall–Kier alpha value is 0.660. The molecule has 1 unspecified atom stereocenters. The van der Waals surface area contributed by atoms with Gasteiger partial charge in [0.1, 0.15) is 0 Å². The number of unbranched alkanes of at least 4 members (excludes halogenated alkanes) is 1. The standard InChI is InChI=1S/C7H14NS2/c1-2-3-4-10-7-5-9-6-8-7/h7-8H,1-6H2. The van der Waals surface area contributed by atoms with E-state index in [2.05, 4.69) is 12.2 Å². The Bertz CT molecular complexity index is 81.7. The molecule has 1 saturated heterocycles. The van der Waals surface area contributed by atoms with Crippen LogP contribution in [0.2, 0.25) is 0 Å². The third-order valence-corrected chi connectivity index (χ3v) is 3.81. The highest BCUT2D eigenvalue weighted by molar-refractivity contribution is 8.04. The summed E-state index contributed by atoms with van der Waals surface area (Å²) in [6.07, 6.45) is 2.33. The Morgan fingerprint density at radius 1 is 1.70 bits per heavy atom. The van der Waals surface area contributed by atoms with Gasteiger partial charge in [0.2, 0.25) is 0 Å². The van der Waals surface area contributed by atoms with Crippen molar-refractivity contribution in [3.8, 4) is 0 Å². The molecule has 3 heteroatoms. The van der Waals surface area contributed by atoms with E-state index < -0.39 is 0 Å². The predicted molar refractivity (Wildman–Crippen MR) is 51.3 cm³/mol. The minimum Gasteiger partial charge on any atom is -0.296 e. The zero-order chi connectivity index (χ0) is 7.23. The summed E-state index contributed by atoms with van der Waals surface area (Å²) in [5.74, 6) is 3.69. The summed E-state index contributed by atoms with van der Waals surface area (Å²) in [4.78, 5) is 0. The summed E-state index contributed by atoms with van der Waals surface area (Å²) in [5.41, 5.74) is 0. The predicted octanol–water partition coefficient (Wildman–Crippen LogP) is 1.95. The number of rotatable bonds is 4. The van der Waals surface area contributed by atoms with Crippen LogP contribution in [-0.2, 0) is 0 Å². The summed E-state index contributed by atoms with van der Waals surface area (Å²) in [6, 6.07) is 0. The average molecular weight is 176 g/mol. The lowest BCUT2D eigenvalue weighted by atomic mass is 10.4. The molecule has 1 aliphatic heterocycles. The van der Waals surface area contributed by atoms with Crippen LogP contribution in [0.1, 0.15) is 12.8 Å². The SMILES string of the molecule is [CH2]CCCSC1CSCN1. The van der Waals surface area contributed by atoms with Gasteiger partial charge in [0.25, 0.3) is 0 Å². The van der Waals surface area contributed by atoms with Gasteiger partial charge in [0.15, 0.2) is 0 Å². The second-order valence-corrected chi connectivity index (χ2v) is 4.63. The van der Waals surface area contributed by atoms with E-state index in [0.717, 1.165) is 17.7 Å². The van der Waals surface area contributed by atoms with E-state index in [1.54, 1.807) is 0 Å². The van der Waals surface area contributed by atoms with E-state index in [4.69, 9.17) is 0 Å². The van der Waals surface area contributed by atoms with Crippen LogP contribution < -0.4 is 5.32 Å². The molecule has 0 aliphatic carbocycles. The van der Waals surface area contributed by atoms with Crippen LogP contribution >= 0.6 is 23.5 Å². The van der Waals surface area contributed by atoms with Crippen molar-refractivity contribution in [2.24, 2.45) is 0 Å². The van der Waals surface area contributed by atoms with Crippen molar-refractivity contribution < 1.29 is 0 Å². The molecule has 1 fully saturated rings. The smallest absolute Gasteiger partial charge is 0.0630 e. The highest BCUT2D eigenvalue weighted by Gasteiger charge is 2.13. The zero-order valence-corrected chi connectivity index (χ0v) is 7.77. The molecule has 1 radical (unpaired) electrons. The van der Waals surface area contributed by atoms with Crippen molar-refractivity contribution in [1.29, 1.82) is 0 Å². The van der Waals surface area contributed by atoms with Crippen molar-refractivity contribution in [3.05, 3.63) is 6.92 Å². The molecule has 0 aromatic heterocycles. The van der Waals surface area contributed by atoms with E-state index in [0.29, 0.717) is 0 Å². The second-order valence-electron chi connectivity index (χ2n) is 2.29. The summed E-state index contributed by atoms with van der Waals surface area (Å²) < 4.78 is 0. The van der Waals surface area contributed by atoms with Crippen molar-refractivity contribution in [2.75, 3.05) is 17.4 Å². The summed E-state index contributed by atoms with van der Waals surface area (Å²) in [6.45, 7) is 3.81. The topological polar surface area (TPSA) is 12.0 Å². The van der Waals surface area contributed by atoms with E-state index >= 15 is 0 Å². The van der Waals surface area contributed by atoms with E-state index in [9.17, 15) is 0 Å². The van der Waals surface area contributed by atoms with Gasteiger partial charge in [-0.2, -0.15) is 0 Å². The van der Waals surface area contributed by atoms with Gasteiger partial charge in [0, 0.05) is 11.6 Å². The van der Waals surface area contributed by atoms with Gasteiger partial charge in [0.05, 0.1) is 5.37 Å². The fraction of sp³-hybridized carbons (Fsp3) is 0.857. The molecule has 0 aromatic rings. The fourth-order valence-corrected chi connectivity index (χ4v) is 3.22. The van der Waals surface area contributed by atoms with E-state index in [1.807, 2.05) is 23.5 Å². The molecule has 59 valence electrons. The van der Waals surface area contributed by atoms with E-state index in [-0.39, 0.29) is 0 Å². The first kappa shape index (κ1) is 8.75. The lowest BCUT2D eigenvalue weighted by Gasteiger charge is -2.06. The summed E-state index contributed by atoms with van der Waals surface area (Å²) in [7, 11) is 0. The van der Waals surface area contributed by atoms with Crippen molar-refractivity contribution in [2.45, 2.75) is 18.2 Å². The maximum Gasteiger partial charge on any atom is 0.0630 e. The molecular weight excluding hydrogens is 162 g/mol. The van der Waals surface area contributed by atoms with Crippen LogP contribution in [-0.4, -0.2) is 22.8 Å². The van der Waals surface area contributed by atoms with Crippen LogP contribution in [0, 0.1) is 6.92 Å². The third kappa shape index (κ3) is 3.17. The van der Waals surface area contributed by atoms with Gasteiger partial charge >= 0.3 is 0 Å². The molecule has 0 aromatic carbocycles. The third-order valence-electron chi connectivity index (χ3n) is 1.40. The Morgan fingerprint density at radius 3 is 3.20 bits per heavy atom. The average Bonchev–Trinajstić information content (AvgIpc) is 2.41. The van der Waals surface area contributed by atoms with Gasteiger partial charge in [-0.25, -0.2) is 0 Å². The molecule has 1 rings (SSSR count). The highest BCUT2D eigenvalue weighted by Crippen LogP contribution is 2.20. The van der Waals surface area contributed by atoms with Gasteiger partial charge in [-0.3, -0.25) is 5.32 Å². The molecule has 1 heterocycles. The first-order chi connectivity index (χ1) is 4.93. The van der Waals surface area contributed by atoms with Crippen molar-refractivity contribution in [3.63, 3.8) is 0 Å². The fourth-order valence-electron chi connectivity index (χ4n) is 0.811. The van der Waals surface area contributed by atoms with Crippen LogP contribution in [0.4, 0.5) is 0 Å². The normalized spacial score (nSPS) is 25.5. The Morgan fingerprint density at radius 2 is 2.60 bits per heavy atom. The van der Waals surface area contributed by atoms with Crippen LogP contribution in [0.3, 0.4) is 0 Å². The molecule has 10 heavy (non-hydrogen) atoms. The van der Waals surface area contributed by atoms with Gasteiger partial charge in [-0.15, -0.1) is 23.5 Å². The van der Waals surface area contributed by atoms with Gasteiger partial charge in [-0.05, 0) is 12.2 Å². The highest BCUT2D eigenvalue weighted by atomic mass is 32.2.